The minimum absolute atomic E-state index is 0.00680. The molecule has 0 unspecified atom stereocenters. The smallest absolute Gasteiger partial charge is 0.213 e. The zero-order valence-electron chi connectivity index (χ0n) is 20.2. The summed E-state index contributed by atoms with van der Waals surface area (Å²) < 4.78 is 29.2. The van der Waals surface area contributed by atoms with Crippen molar-refractivity contribution in [3.8, 4) is 17.1 Å². The molecule has 1 fully saturated rings. The first-order chi connectivity index (χ1) is 16.7. The van der Waals surface area contributed by atoms with Gasteiger partial charge in [0.05, 0.1) is 15.9 Å². The summed E-state index contributed by atoms with van der Waals surface area (Å²) in [6, 6.07) is 11.3. The van der Waals surface area contributed by atoms with E-state index < -0.39 is 10.0 Å². The van der Waals surface area contributed by atoms with Crippen LogP contribution >= 0.6 is 15.9 Å². The minimum Gasteiger partial charge on any atom is -0.378 e. The number of nitrogens with one attached hydrogen (secondary N) is 2. The number of rotatable bonds is 6. The topological polar surface area (TPSA) is 95.9 Å². The highest BCUT2D eigenvalue weighted by molar-refractivity contribution is 9.10. The summed E-state index contributed by atoms with van der Waals surface area (Å²) in [6.45, 7) is 8.92. The fourth-order valence-electron chi connectivity index (χ4n) is 4.80. The van der Waals surface area contributed by atoms with Crippen LogP contribution in [0.1, 0.15) is 30.3 Å². The first-order valence-electron chi connectivity index (χ1n) is 11.6. The Morgan fingerprint density at radius 1 is 1.31 bits per heavy atom. The van der Waals surface area contributed by atoms with Crippen molar-refractivity contribution in [3.05, 3.63) is 58.0 Å². The van der Waals surface area contributed by atoms with Gasteiger partial charge in [0, 0.05) is 48.0 Å². The van der Waals surface area contributed by atoms with Crippen LogP contribution in [0.25, 0.3) is 28.2 Å². The lowest BCUT2D eigenvalue weighted by atomic mass is 10.2. The van der Waals surface area contributed by atoms with Crippen LogP contribution in [0.15, 0.2) is 34.9 Å². The molecule has 0 saturated carbocycles. The maximum atomic E-state index is 12.3. The molecule has 10 heteroatoms. The van der Waals surface area contributed by atoms with E-state index in [-0.39, 0.29) is 11.8 Å². The molecule has 183 valence electrons. The van der Waals surface area contributed by atoms with Gasteiger partial charge in [-0.1, -0.05) is 12.1 Å². The number of hydrogen-bond donors (Lipinski definition) is 2. The van der Waals surface area contributed by atoms with Crippen molar-refractivity contribution in [2.45, 2.75) is 40.2 Å². The SMILES string of the molecule is CCS(=O)(=O)N1CC[C@H](Nc2c(Br)cnc3nc(-c4cc(C)n(-c5c[c]ccc5C)c4C)[nH]c23)C1. The van der Waals surface area contributed by atoms with Crippen molar-refractivity contribution in [2.24, 2.45) is 0 Å². The Hall–Kier alpha value is -2.69. The van der Waals surface area contributed by atoms with E-state index in [1.165, 1.54) is 5.56 Å². The van der Waals surface area contributed by atoms with Gasteiger partial charge < -0.3 is 14.9 Å². The molecule has 1 atom stereocenters. The van der Waals surface area contributed by atoms with Gasteiger partial charge in [0.1, 0.15) is 11.3 Å². The Balaban J connectivity index is 1.51. The zero-order valence-corrected chi connectivity index (χ0v) is 22.6. The van der Waals surface area contributed by atoms with Gasteiger partial charge in [-0.05, 0) is 73.8 Å². The monoisotopic (exact) mass is 555 g/mol. The van der Waals surface area contributed by atoms with Crippen molar-refractivity contribution in [3.63, 3.8) is 0 Å². The van der Waals surface area contributed by atoms with E-state index in [1.54, 1.807) is 17.4 Å². The summed E-state index contributed by atoms with van der Waals surface area (Å²) in [7, 11) is -3.20. The van der Waals surface area contributed by atoms with E-state index in [1.807, 2.05) is 12.1 Å². The fraction of sp³-hybridized carbons (Fsp3) is 0.360. The molecule has 1 saturated heterocycles. The van der Waals surface area contributed by atoms with Gasteiger partial charge in [0.2, 0.25) is 10.0 Å². The predicted octanol–water partition coefficient (Wildman–Crippen LogP) is 4.74. The summed E-state index contributed by atoms with van der Waals surface area (Å²) in [5.74, 6) is 0.860. The molecule has 2 N–H and O–H groups in total. The van der Waals surface area contributed by atoms with Gasteiger partial charge in [-0.2, -0.15) is 4.31 Å². The lowest BCUT2D eigenvalue weighted by molar-refractivity contribution is 0.476. The molecule has 1 aliphatic heterocycles. The second kappa shape index (κ2) is 9.07. The molecule has 0 bridgehead atoms. The highest BCUT2D eigenvalue weighted by Crippen LogP contribution is 2.34. The Morgan fingerprint density at radius 3 is 2.86 bits per heavy atom. The van der Waals surface area contributed by atoms with Crippen LogP contribution in [0.4, 0.5) is 5.69 Å². The predicted molar refractivity (Wildman–Crippen MR) is 142 cm³/mol. The highest BCUT2D eigenvalue weighted by Gasteiger charge is 2.31. The van der Waals surface area contributed by atoms with E-state index >= 15 is 0 Å². The highest BCUT2D eigenvalue weighted by atomic mass is 79.9. The van der Waals surface area contributed by atoms with E-state index in [9.17, 15) is 8.42 Å². The van der Waals surface area contributed by atoms with Crippen LogP contribution in [0.5, 0.6) is 0 Å². The lowest BCUT2D eigenvalue weighted by Gasteiger charge is -2.17. The summed E-state index contributed by atoms with van der Waals surface area (Å²) in [6.07, 6.45) is 2.47. The summed E-state index contributed by atoms with van der Waals surface area (Å²) >= 11 is 3.62. The molecule has 0 aliphatic carbocycles. The molecule has 1 radical (unpaired) electrons. The zero-order chi connectivity index (χ0) is 24.9. The first-order valence-corrected chi connectivity index (χ1v) is 14.0. The quantitative estimate of drug-likeness (QED) is 0.358. The molecule has 0 amide bonds. The Labute approximate surface area is 214 Å². The largest absolute Gasteiger partial charge is 0.378 e. The van der Waals surface area contributed by atoms with Crippen LogP contribution < -0.4 is 5.32 Å². The van der Waals surface area contributed by atoms with E-state index in [2.05, 4.69) is 74.8 Å². The number of H-pyrrole nitrogens is 1. The molecule has 5 rings (SSSR count). The van der Waals surface area contributed by atoms with Gasteiger partial charge in [-0.3, -0.25) is 0 Å². The number of aromatic nitrogens is 4. The number of pyridine rings is 1. The third kappa shape index (κ3) is 4.28. The number of anilines is 1. The van der Waals surface area contributed by atoms with Gasteiger partial charge in [-0.25, -0.2) is 18.4 Å². The molecule has 4 heterocycles. The molecular weight excluding hydrogens is 528 g/mol. The molecule has 8 nitrogen and oxygen atoms in total. The average Bonchev–Trinajstić information content (AvgIpc) is 3.54. The molecule has 35 heavy (non-hydrogen) atoms. The molecule has 0 spiro atoms. The van der Waals surface area contributed by atoms with Gasteiger partial charge in [0.25, 0.3) is 0 Å². The first kappa shape index (κ1) is 24.0. The maximum absolute atomic E-state index is 12.3. The maximum Gasteiger partial charge on any atom is 0.213 e. The number of aryl methyl sites for hydroxylation is 2. The number of aromatic amines is 1. The molecule has 4 aromatic rings. The second-order valence-electron chi connectivity index (χ2n) is 8.99. The molecule has 3 aromatic heterocycles. The van der Waals surface area contributed by atoms with Crippen LogP contribution in [-0.4, -0.2) is 57.1 Å². The number of imidazole rings is 1. The number of hydrogen-bond acceptors (Lipinski definition) is 5. The molecule has 1 aromatic carbocycles. The number of nitrogens with zero attached hydrogens (tertiary/aromatic N) is 4. The average molecular weight is 557 g/mol. The van der Waals surface area contributed by atoms with E-state index in [4.69, 9.17) is 4.98 Å². The normalized spacial score (nSPS) is 16.9. The van der Waals surface area contributed by atoms with Crippen LogP contribution in [0.2, 0.25) is 0 Å². The fourth-order valence-corrected chi connectivity index (χ4v) is 6.37. The Bertz CT molecular complexity index is 1520. The van der Waals surface area contributed by atoms with Gasteiger partial charge in [0.15, 0.2) is 5.65 Å². The minimum atomic E-state index is -3.20. The Morgan fingerprint density at radius 2 is 2.11 bits per heavy atom. The third-order valence-electron chi connectivity index (χ3n) is 6.71. The number of sulfonamides is 1. The van der Waals surface area contributed by atoms with Crippen LogP contribution in [0.3, 0.4) is 0 Å². The molecule has 1 aliphatic rings. The van der Waals surface area contributed by atoms with Crippen LogP contribution in [0, 0.1) is 26.8 Å². The van der Waals surface area contributed by atoms with Gasteiger partial charge >= 0.3 is 0 Å². The summed E-state index contributed by atoms with van der Waals surface area (Å²) in [4.78, 5) is 12.8. The Kier molecular flexibility index (Phi) is 6.23. The number of benzene rings is 1. The third-order valence-corrected chi connectivity index (χ3v) is 9.16. The standard InChI is InChI=1S/C25H28BrN6O2S/c1-5-35(33,34)31-11-10-18(14-31)28-22-20(26)13-27-25-23(22)29-24(30-25)19-12-16(3)32(17(19)4)21-9-7-6-8-15(21)2/h6,8-9,12-13,18H,5,10-11,14H2,1-4H3,(H2,27,28,29,30)/t18-/m0/s1. The lowest BCUT2D eigenvalue weighted by Crippen LogP contribution is -2.32. The van der Waals surface area contributed by atoms with Crippen molar-refractivity contribution in [2.75, 3.05) is 24.2 Å². The van der Waals surface area contributed by atoms with Crippen molar-refractivity contribution < 1.29 is 8.42 Å². The van der Waals surface area contributed by atoms with Crippen LogP contribution in [-0.2, 0) is 10.0 Å². The summed E-state index contributed by atoms with van der Waals surface area (Å²) in [5.41, 5.74) is 7.71. The second-order valence-corrected chi connectivity index (χ2v) is 12.1. The number of halogens is 1. The van der Waals surface area contributed by atoms with Gasteiger partial charge in [-0.15, -0.1) is 0 Å². The van der Waals surface area contributed by atoms with E-state index in [0.29, 0.717) is 18.7 Å². The van der Waals surface area contributed by atoms with Crippen molar-refractivity contribution in [1.82, 2.24) is 23.8 Å². The van der Waals surface area contributed by atoms with E-state index in [0.717, 1.165) is 50.6 Å². The molecular formula is C25H28BrN6O2S. The number of fused-ring (bicyclic) bond motifs is 1. The van der Waals surface area contributed by atoms with Crippen molar-refractivity contribution >= 4 is 42.8 Å². The van der Waals surface area contributed by atoms with Crippen molar-refractivity contribution in [1.29, 1.82) is 0 Å². The summed E-state index contributed by atoms with van der Waals surface area (Å²) in [5, 5.41) is 3.53.